The summed E-state index contributed by atoms with van der Waals surface area (Å²) >= 11 is 0. The van der Waals surface area contributed by atoms with Crippen LogP contribution < -0.4 is 0 Å². The lowest BCUT2D eigenvalue weighted by Gasteiger charge is -2.59. The standard InChI is InChI=1S/C24H45N3/c1-22(2,3)19-15-26(16-19)21-9-13-25(14-10-21)20-7-11-24(12-8-20)17-27(18-24)23(4,5)6/h19-21H,7-18H2,1-6H3. The Labute approximate surface area is 168 Å². The molecule has 3 nitrogen and oxygen atoms in total. The number of piperidine rings is 1. The highest BCUT2D eigenvalue weighted by Crippen LogP contribution is 2.47. The first-order valence-corrected chi connectivity index (χ1v) is 11.8. The van der Waals surface area contributed by atoms with E-state index in [-0.39, 0.29) is 0 Å². The van der Waals surface area contributed by atoms with Crippen LogP contribution in [0.15, 0.2) is 0 Å². The molecule has 1 saturated carbocycles. The molecule has 1 spiro atoms. The van der Waals surface area contributed by atoms with Crippen LogP contribution in [-0.4, -0.2) is 71.6 Å². The Morgan fingerprint density at radius 1 is 0.704 bits per heavy atom. The molecule has 0 radical (unpaired) electrons. The molecule has 0 bridgehead atoms. The summed E-state index contributed by atoms with van der Waals surface area (Å²) in [5.41, 5.74) is 1.55. The molecule has 3 heterocycles. The molecule has 4 rings (SSSR count). The summed E-state index contributed by atoms with van der Waals surface area (Å²) in [5, 5.41) is 0. The van der Waals surface area contributed by atoms with Crippen molar-refractivity contribution in [3.05, 3.63) is 0 Å². The molecule has 0 N–H and O–H groups in total. The summed E-state index contributed by atoms with van der Waals surface area (Å²) in [6.45, 7) is 22.5. The van der Waals surface area contributed by atoms with Crippen LogP contribution in [0.2, 0.25) is 0 Å². The predicted molar refractivity (Wildman–Crippen MR) is 115 cm³/mol. The molecule has 3 aliphatic heterocycles. The van der Waals surface area contributed by atoms with Gasteiger partial charge in [-0.1, -0.05) is 20.8 Å². The zero-order chi connectivity index (χ0) is 19.4. The quantitative estimate of drug-likeness (QED) is 0.705. The van der Waals surface area contributed by atoms with Gasteiger partial charge in [0.2, 0.25) is 0 Å². The van der Waals surface area contributed by atoms with Crippen LogP contribution in [0.25, 0.3) is 0 Å². The van der Waals surface area contributed by atoms with Crippen LogP contribution in [0.3, 0.4) is 0 Å². The second-order valence-corrected chi connectivity index (χ2v) is 12.5. The van der Waals surface area contributed by atoms with Crippen molar-refractivity contribution in [1.82, 2.24) is 14.7 Å². The van der Waals surface area contributed by atoms with Gasteiger partial charge >= 0.3 is 0 Å². The molecule has 4 fully saturated rings. The van der Waals surface area contributed by atoms with Crippen LogP contribution in [0.5, 0.6) is 0 Å². The molecule has 1 aliphatic carbocycles. The third kappa shape index (κ3) is 4.12. The number of nitrogens with zero attached hydrogens (tertiary/aromatic N) is 3. The van der Waals surface area contributed by atoms with Crippen molar-refractivity contribution < 1.29 is 0 Å². The molecular formula is C24H45N3. The van der Waals surface area contributed by atoms with Gasteiger partial charge in [0.15, 0.2) is 0 Å². The lowest BCUT2D eigenvalue weighted by Crippen LogP contribution is -2.64. The Bertz CT molecular complexity index is 499. The third-order valence-corrected chi connectivity index (χ3v) is 8.68. The van der Waals surface area contributed by atoms with E-state index in [0.29, 0.717) is 16.4 Å². The maximum Gasteiger partial charge on any atom is 0.0125 e. The highest BCUT2D eigenvalue weighted by Gasteiger charge is 2.49. The first kappa shape index (κ1) is 20.2. The summed E-state index contributed by atoms with van der Waals surface area (Å²) in [7, 11) is 0. The smallest absolute Gasteiger partial charge is 0.0125 e. The Morgan fingerprint density at radius 3 is 1.70 bits per heavy atom. The molecular weight excluding hydrogens is 330 g/mol. The van der Waals surface area contributed by atoms with Gasteiger partial charge in [0.05, 0.1) is 0 Å². The van der Waals surface area contributed by atoms with Gasteiger partial charge in [-0.15, -0.1) is 0 Å². The van der Waals surface area contributed by atoms with Crippen LogP contribution in [0.1, 0.15) is 80.1 Å². The lowest BCUT2D eigenvalue weighted by molar-refractivity contribution is -0.0920. The molecule has 3 heteroatoms. The lowest BCUT2D eigenvalue weighted by atomic mass is 9.66. The molecule has 0 atom stereocenters. The van der Waals surface area contributed by atoms with Crippen LogP contribution in [0, 0.1) is 16.7 Å². The normalized spacial score (nSPS) is 30.4. The second kappa shape index (κ2) is 6.99. The van der Waals surface area contributed by atoms with Crippen molar-refractivity contribution in [2.45, 2.75) is 97.7 Å². The van der Waals surface area contributed by atoms with Gasteiger partial charge in [-0.2, -0.15) is 0 Å². The van der Waals surface area contributed by atoms with E-state index in [1.54, 1.807) is 0 Å². The SMILES string of the molecule is CC(C)(C)C1CN(C2CCN(C3CCC4(CC3)CN(C(C)(C)C)C4)CC2)C1. The van der Waals surface area contributed by atoms with Crippen molar-refractivity contribution >= 4 is 0 Å². The van der Waals surface area contributed by atoms with Gasteiger partial charge in [0.25, 0.3) is 0 Å². The molecule has 3 saturated heterocycles. The van der Waals surface area contributed by atoms with Gasteiger partial charge in [0.1, 0.15) is 0 Å². The Morgan fingerprint density at radius 2 is 1.22 bits per heavy atom. The highest BCUT2D eigenvalue weighted by atomic mass is 15.3. The van der Waals surface area contributed by atoms with E-state index >= 15 is 0 Å². The maximum absolute atomic E-state index is 2.87. The number of hydrogen-bond donors (Lipinski definition) is 0. The van der Waals surface area contributed by atoms with Gasteiger partial charge in [-0.3, -0.25) is 9.80 Å². The first-order chi connectivity index (χ1) is 12.6. The fourth-order valence-corrected chi connectivity index (χ4v) is 6.11. The van der Waals surface area contributed by atoms with E-state index in [2.05, 4.69) is 56.2 Å². The zero-order valence-corrected chi connectivity index (χ0v) is 19.1. The summed E-state index contributed by atoms with van der Waals surface area (Å²) in [4.78, 5) is 8.35. The molecule has 0 aromatic carbocycles. The Balaban J connectivity index is 1.18. The van der Waals surface area contributed by atoms with E-state index in [1.807, 2.05) is 0 Å². The number of likely N-dealkylation sites (tertiary alicyclic amines) is 3. The monoisotopic (exact) mass is 375 g/mol. The van der Waals surface area contributed by atoms with E-state index in [1.165, 1.54) is 77.8 Å². The van der Waals surface area contributed by atoms with E-state index in [9.17, 15) is 0 Å². The molecule has 0 amide bonds. The average molecular weight is 376 g/mol. The fraction of sp³-hybridized carbons (Fsp3) is 1.00. The Hall–Kier alpha value is -0.120. The molecule has 4 aliphatic rings. The minimum atomic E-state index is 0.368. The van der Waals surface area contributed by atoms with Crippen molar-refractivity contribution in [2.75, 3.05) is 39.3 Å². The highest BCUT2D eigenvalue weighted by molar-refractivity contribution is 5.03. The van der Waals surface area contributed by atoms with Gasteiger partial charge < -0.3 is 4.90 Å². The third-order valence-electron chi connectivity index (χ3n) is 8.68. The molecule has 0 aromatic rings. The zero-order valence-electron chi connectivity index (χ0n) is 19.1. The van der Waals surface area contributed by atoms with Gasteiger partial charge in [-0.05, 0) is 89.1 Å². The van der Waals surface area contributed by atoms with Gasteiger partial charge in [-0.25, -0.2) is 0 Å². The van der Waals surface area contributed by atoms with Crippen LogP contribution >= 0.6 is 0 Å². The predicted octanol–water partition coefficient (Wildman–Crippen LogP) is 4.47. The van der Waals surface area contributed by atoms with Crippen LogP contribution in [0.4, 0.5) is 0 Å². The van der Waals surface area contributed by atoms with Crippen molar-refractivity contribution in [3.63, 3.8) is 0 Å². The summed E-state index contributed by atoms with van der Waals surface area (Å²) in [6.07, 6.45) is 8.69. The fourth-order valence-electron chi connectivity index (χ4n) is 6.11. The molecule has 27 heavy (non-hydrogen) atoms. The minimum absolute atomic E-state index is 0.368. The summed E-state index contributed by atoms with van der Waals surface area (Å²) < 4.78 is 0. The van der Waals surface area contributed by atoms with Gasteiger partial charge in [0, 0.05) is 43.8 Å². The maximum atomic E-state index is 2.87. The van der Waals surface area contributed by atoms with Crippen molar-refractivity contribution in [3.8, 4) is 0 Å². The van der Waals surface area contributed by atoms with E-state index in [4.69, 9.17) is 0 Å². The summed E-state index contributed by atoms with van der Waals surface area (Å²) in [6, 6.07) is 1.76. The molecule has 156 valence electrons. The Kier molecular flexibility index (Phi) is 5.22. The topological polar surface area (TPSA) is 9.72 Å². The average Bonchev–Trinajstić information content (AvgIpc) is 2.50. The van der Waals surface area contributed by atoms with E-state index in [0.717, 1.165) is 18.0 Å². The second-order valence-electron chi connectivity index (χ2n) is 12.5. The number of hydrogen-bond acceptors (Lipinski definition) is 3. The first-order valence-electron chi connectivity index (χ1n) is 11.8. The minimum Gasteiger partial charge on any atom is -0.300 e. The number of rotatable bonds is 2. The largest absolute Gasteiger partial charge is 0.300 e. The van der Waals surface area contributed by atoms with Crippen molar-refractivity contribution in [1.29, 1.82) is 0 Å². The van der Waals surface area contributed by atoms with Crippen molar-refractivity contribution in [2.24, 2.45) is 16.7 Å². The molecule has 0 aromatic heterocycles. The van der Waals surface area contributed by atoms with E-state index < -0.39 is 0 Å². The van der Waals surface area contributed by atoms with Crippen LogP contribution in [-0.2, 0) is 0 Å². The summed E-state index contributed by atoms with van der Waals surface area (Å²) in [5.74, 6) is 0.917. The molecule has 0 unspecified atom stereocenters.